The van der Waals surface area contributed by atoms with Crippen molar-refractivity contribution < 1.29 is 8.42 Å². The topological polar surface area (TPSA) is 34.1 Å². The van der Waals surface area contributed by atoms with Crippen LogP contribution in [0.25, 0.3) is 0 Å². The fourth-order valence-corrected chi connectivity index (χ4v) is 3.06. The Morgan fingerprint density at radius 1 is 1.58 bits per heavy atom. The zero-order valence-electron chi connectivity index (χ0n) is 6.36. The molecular formula is C8H8O2S2. The molecule has 0 saturated carbocycles. The molecule has 1 heterocycles. The Morgan fingerprint density at radius 3 is 2.83 bits per heavy atom. The summed E-state index contributed by atoms with van der Waals surface area (Å²) in [6.45, 7) is 0. The predicted octanol–water partition coefficient (Wildman–Crippen LogP) is 1.55. The first-order valence-corrected chi connectivity index (χ1v) is 5.90. The average Bonchev–Trinajstić information content (AvgIpc) is 2.53. The van der Waals surface area contributed by atoms with Crippen LogP contribution in [0.2, 0.25) is 0 Å². The summed E-state index contributed by atoms with van der Waals surface area (Å²) in [7, 11) is -3.10. The van der Waals surface area contributed by atoms with E-state index in [9.17, 15) is 8.42 Å². The van der Waals surface area contributed by atoms with Gasteiger partial charge in [-0.25, -0.2) is 8.42 Å². The third kappa shape index (κ3) is 2.10. The monoisotopic (exact) mass is 200 g/mol. The third-order valence-electron chi connectivity index (χ3n) is 1.32. The van der Waals surface area contributed by atoms with Crippen LogP contribution in [0.4, 0.5) is 0 Å². The number of thiophene rings is 1. The fraction of sp³-hybridized carbons (Fsp3) is 0.250. The van der Waals surface area contributed by atoms with Crippen molar-refractivity contribution in [3.63, 3.8) is 0 Å². The van der Waals surface area contributed by atoms with Crippen molar-refractivity contribution >= 4 is 21.2 Å². The Balaban J connectivity index is 2.83. The summed E-state index contributed by atoms with van der Waals surface area (Å²) < 4.78 is 23.1. The molecule has 0 unspecified atom stereocenters. The molecule has 0 amide bonds. The van der Waals surface area contributed by atoms with E-state index in [4.69, 9.17) is 6.42 Å². The molecule has 2 nitrogen and oxygen atoms in total. The number of hydrogen-bond donors (Lipinski definition) is 0. The zero-order chi connectivity index (χ0) is 9.03. The van der Waals surface area contributed by atoms with Crippen LogP contribution in [-0.2, 0) is 9.84 Å². The molecule has 1 aromatic rings. The summed E-state index contributed by atoms with van der Waals surface area (Å²) in [4.78, 5) is 0. The molecule has 0 aromatic carbocycles. The van der Waals surface area contributed by atoms with Gasteiger partial charge in [0.1, 0.15) is 4.21 Å². The predicted molar refractivity (Wildman–Crippen MR) is 49.8 cm³/mol. The highest BCUT2D eigenvalue weighted by molar-refractivity contribution is 7.93. The van der Waals surface area contributed by atoms with Crippen LogP contribution < -0.4 is 0 Å². The molecule has 0 fully saturated rings. The summed E-state index contributed by atoms with van der Waals surface area (Å²) in [6.07, 6.45) is 5.26. The van der Waals surface area contributed by atoms with Crippen molar-refractivity contribution in [1.29, 1.82) is 0 Å². The largest absolute Gasteiger partial charge is 0.223 e. The molecule has 0 aliphatic heterocycles. The third-order valence-corrected chi connectivity index (χ3v) is 4.52. The van der Waals surface area contributed by atoms with E-state index in [1.54, 1.807) is 17.5 Å². The minimum absolute atomic E-state index is 0.0456. The smallest absolute Gasteiger partial charge is 0.188 e. The van der Waals surface area contributed by atoms with E-state index in [1.807, 2.05) is 0 Å². The van der Waals surface area contributed by atoms with Gasteiger partial charge in [0.25, 0.3) is 0 Å². The first kappa shape index (κ1) is 9.30. The van der Waals surface area contributed by atoms with Crippen LogP contribution in [0.15, 0.2) is 21.7 Å². The maximum Gasteiger partial charge on any atom is 0.188 e. The van der Waals surface area contributed by atoms with Crippen molar-refractivity contribution in [1.82, 2.24) is 0 Å². The van der Waals surface area contributed by atoms with Crippen LogP contribution in [0.5, 0.6) is 0 Å². The summed E-state index contributed by atoms with van der Waals surface area (Å²) >= 11 is 1.22. The van der Waals surface area contributed by atoms with Crippen molar-refractivity contribution in [3.05, 3.63) is 17.5 Å². The van der Waals surface area contributed by atoms with Gasteiger partial charge in [0.2, 0.25) is 0 Å². The van der Waals surface area contributed by atoms with E-state index >= 15 is 0 Å². The Kier molecular flexibility index (Phi) is 2.90. The van der Waals surface area contributed by atoms with Gasteiger partial charge in [-0.15, -0.1) is 23.7 Å². The number of sulfone groups is 1. The van der Waals surface area contributed by atoms with Gasteiger partial charge in [-0.05, 0) is 11.4 Å². The molecule has 12 heavy (non-hydrogen) atoms. The molecule has 1 rings (SSSR count). The van der Waals surface area contributed by atoms with Crippen molar-refractivity contribution in [3.8, 4) is 12.3 Å². The maximum atomic E-state index is 11.4. The van der Waals surface area contributed by atoms with Gasteiger partial charge in [-0.2, -0.15) is 0 Å². The molecular weight excluding hydrogens is 192 g/mol. The molecule has 0 spiro atoms. The second kappa shape index (κ2) is 3.74. The molecule has 4 heteroatoms. The zero-order valence-corrected chi connectivity index (χ0v) is 7.99. The Bertz CT molecular complexity index is 368. The van der Waals surface area contributed by atoms with Crippen LogP contribution in [-0.4, -0.2) is 14.2 Å². The molecule has 1 aromatic heterocycles. The first-order valence-electron chi connectivity index (χ1n) is 3.36. The lowest BCUT2D eigenvalue weighted by molar-refractivity contribution is 0.598. The molecule has 0 radical (unpaired) electrons. The number of hydrogen-bond acceptors (Lipinski definition) is 3. The van der Waals surface area contributed by atoms with Gasteiger partial charge in [0, 0.05) is 6.42 Å². The van der Waals surface area contributed by atoms with Crippen LogP contribution in [0.1, 0.15) is 6.42 Å². The van der Waals surface area contributed by atoms with E-state index in [0.717, 1.165) is 0 Å². The van der Waals surface area contributed by atoms with E-state index < -0.39 is 9.84 Å². The molecule has 0 bridgehead atoms. The number of rotatable bonds is 3. The molecule has 0 aliphatic carbocycles. The van der Waals surface area contributed by atoms with E-state index in [0.29, 0.717) is 4.21 Å². The Labute approximate surface area is 76.2 Å². The molecule has 0 saturated heterocycles. The summed E-state index contributed by atoms with van der Waals surface area (Å²) in [5.41, 5.74) is 0. The van der Waals surface area contributed by atoms with Gasteiger partial charge < -0.3 is 0 Å². The lowest BCUT2D eigenvalue weighted by Crippen LogP contribution is -2.03. The van der Waals surface area contributed by atoms with E-state index in [-0.39, 0.29) is 12.2 Å². The van der Waals surface area contributed by atoms with Crippen LogP contribution in [0, 0.1) is 12.3 Å². The van der Waals surface area contributed by atoms with E-state index in [1.165, 1.54) is 11.3 Å². The standard InChI is InChI=1S/C8H8O2S2/c1-2-3-7-12(9,10)8-5-4-6-11-8/h1,4-6H,3,7H2. The second-order valence-corrected chi connectivity index (χ2v) is 5.49. The van der Waals surface area contributed by atoms with Crippen molar-refractivity contribution in [2.45, 2.75) is 10.6 Å². The van der Waals surface area contributed by atoms with E-state index in [2.05, 4.69) is 5.92 Å². The number of terminal acetylenes is 1. The second-order valence-electron chi connectivity index (χ2n) is 2.21. The first-order chi connectivity index (χ1) is 5.67. The lowest BCUT2D eigenvalue weighted by Gasteiger charge is -1.95. The van der Waals surface area contributed by atoms with Gasteiger partial charge in [0.05, 0.1) is 5.75 Å². The van der Waals surface area contributed by atoms with Gasteiger partial charge in [-0.3, -0.25) is 0 Å². The van der Waals surface area contributed by atoms with Crippen LogP contribution in [0.3, 0.4) is 0 Å². The minimum Gasteiger partial charge on any atom is -0.223 e. The maximum absolute atomic E-state index is 11.4. The minimum atomic E-state index is -3.10. The van der Waals surface area contributed by atoms with Gasteiger partial charge >= 0.3 is 0 Å². The highest BCUT2D eigenvalue weighted by Gasteiger charge is 2.13. The molecule has 0 N–H and O–H groups in total. The SMILES string of the molecule is C#CCCS(=O)(=O)c1cccs1. The fourth-order valence-electron chi connectivity index (χ4n) is 0.734. The normalized spacial score (nSPS) is 10.9. The Morgan fingerprint density at radius 2 is 2.33 bits per heavy atom. The molecule has 64 valence electrons. The van der Waals surface area contributed by atoms with Crippen LogP contribution >= 0.6 is 11.3 Å². The molecule has 0 atom stereocenters. The Hall–Kier alpha value is -0.790. The summed E-state index contributed by atoms with van der Waals surface area (Å²) in [6, 6.07) is 3.31. The lowest BCUT2D eigenvalue weighted by atomic mass is 10.5. The highest BCUT2D eigenvalue weighted by Crippen LogP contribution is 2.17. The van der Waals surface area contributed by atoms with Crippen molar-refractivity contribution in [2.75, 3.05) is 5.75 Å². The van der Waals surface area contributed by atoms with Crippen molar-refractivity contribution in [2.24, 2.45) is 0 Å². The quantitative estimate of drug-likeness (QED) is 0.694. The molecule has 0 aliphatic rings. The van der Waals surface area contributed by atoms with Gasteiger partial charge in [-0.1, -0.05) is 6.07 Å². The summed E-state index contributed by atoms with van der Waals surface area (Å²) in [5, 5.41) is 1.74. The average molecular weight is 200 g/mol. The highest BCUT2D eigenvalue weighted by atomic mass is 32.2. The summed E-state index contributed by atoms with van der Waals surface area (Å²) in [5.74, 6) is 2.36. The van der Waals surface area contributed by atoms with Gasteiger partial charge in [0.15, 0.2) is 9.84 Å².